The molecule has 0 aliphatic heterocycles. The molecule has 0 unspecified atom stereocenters. The Kier molecular flexibility index (Phi) is 5.62. The van der Waals surface area contributed by atoms with Gasteiger partial charge in [-0.3, -0.25) is 18.8 Å². The quantitative estimate of drug-likeness (QED) is 0.673. The predicted octanol–water partition coefficient (Wildman–Crippen LogP) is 2.03. The maximum Gasteiger partial charge on any atom is 0.268 e. The van der Waals surface area contributed by atoms with Crippen LogP contribution < -0.4 is 10.6 Å². The Hall–Kier alpha value is -2.90. The molecule has 4 aliphatic rings. The monoisotopic (exact) mass is 451 g/mol. The van der Waals surface area contributed by atoms with Gasteiger partial charge in [-0.05, 0) is 73.8 Å². The Morgan fingerprint density at radius 3 is 2.36 bits per heavy atom. The molecule has 4 bridgehead atoms. The zero-order chi connectivity index (χ0) is 23.2. The minimum Gasteiger partial charge on any atom is -0.350 e. The Labute approximate surface area is 194 Å². The van der Waals surface area contributed by atoms with Crippen molar-refractivity contribution < 1.29 is 14.4 Å². The van der Waals surface area contributed by atoms with E-state index in [-0.39, 0.29) is 36.1 Å². The molecule has 0 radical (unpaired) electrons. The first-order valence-corrected chi connectivity index (χ1v) is 12.0. The zero-order valence-corrected chi connectivity index (χ0v) is 19.5. The van der Waals surface area contributed by atoms with Crippen molar-refractivity contribution in [2.45, 2.75) is 44.9 Å². The van der Waals surface area contributed by atoms with Crippen molar-refractivity contribution in [1.29, 1.82) is 0 Å². The van der Waals surface area contributed by atoms with Gasteiger partial charge >= 0.3 is 0 Å². The van der Waals surface area contributed by atoms with Gasteiger partial charge in [0.15, 0.2) is 0 Å². The van der Waals surface area contributed by atoms with Gasteiger partial charge in [0.1, 0.15) is 11.3 Å². The van der Waals surface area contributed by atoms with Gasteiger partial charge < -0.3 is 15.5 Å². The molecule has 4 saturated carbocycles. The van der Waals surface area contributed by atoms with Crippen LogP contribution in [-0.2, 0) is 16.0 Å². The van der Waals surface area contributed by atoms with E-state index in [9.17, 15) is 14.4 Å². The van der Waals surface area contributed by atoms with Gasteiger partial charge in [-0.1, -0.05) is 6.07 Å². The van der Waals surface area contributed by atoms with E-state index in [1.807, 2.05) is 12.1 Å². The molecule has 0 spiro atoms. The number of fused-ring (bicyclic) bond motifs is 1. The Bertz CT molecular complexity index is 1050. The number of likely N-dealkylation sites (N-methyl/N-ethyl adjacent to an activating group) is 1. The topological polar surface area (TPSA) is 95.8 Å². The van der Waals surface area contributed by atoms with Crippen LogP contribution in [0.4, 0.5) is 0 Å². The molecule has 2 heterocycles. The van der Waals surface area contributed by atoms with Gasteiger partial charge in [-0.15, -0.1) is 0 Å². The number of hydrogen-bond donors (Lipinski definition) is 2. The molecule has 8 nitrogen and oxygen atoms in total. The largest absolute Gasteiger partial charge is 0.350 e. The highest BCUT2D eigenvalue weighted by Gasteiger charge is 2.50. The van der Waals surface area contributed by atoms with Crippen LogP contribution in [0.15, 0.2) is 24.4 Å². The molecule has 4 aliphatic carbocycles. The van der Waals surface area contributed by atoms with Crippen LogP contribution >= 0.6 is 0 Å². The summed E-state index contributed by atoms with van der Waals surface area (Å²) in [7, 11) is 3.29. The lowest BCUT2D eigenvalue weighted by Crippen LogP contribution is -2.51. The van der Waals surface area contributed by atoms with E-state index in [1.54, 1.807) is 30.8 Å². The molecule has 33 heavy (non-hydrogen) atoms. The van der Waals surface area contributed by atoms with Crippen LogP contribution in [-0.4, -0.2) is 59.2 Å². The average Bonchev–Trinajstić information content (AvgIpc) is 3.17. The molecule has 0 atom stereocenters. The summed E-state index contributed by atoms with van der Waals surface area (Å²) < 4.78 is 1.75. The van der Waals surface area contributed by atoms with Crippen molar-refractivity contribution >= 4 is 23.4 Å². The van der Waals surface area contributed by atoms with Crippen LogP contribution in [0.5, 0.6) is 0 Å². The maximum atomic E-state index is 13.1. The standard InChI is InChI=1S/C25H33N5O3/c1-29(2)23(32)13-26-22(31)9-19-14-30-20(4-3-5-21(30)28-19)24(33)27-15-25-10-16-6-17(11-25)8-18(7-16)12-25/h3-5,14,16-18H,6-13,15H2,1-2H3,(H,26,31)(H,27,33). The van der Waals surface area contributed by atoms with Crippen LogP contribution in [0.3, 0.4) is 0 Å². The summed E-state index contributed by atoms with van der Waals surface area (Å²) in [5, 5.41) is 5.85. The Balaban J connectivity index is 1.24. The summed E-state index contributed by atoms with van der Waals surface area (Å²) in [6, 6.07) is 5.44. The first-order chi connectivity index (χ1) is 15.8. The van der Waals surface area contributed by atoms with Crippen LogP contribution in [0, 0.1) is 23.2 Å². The lowest BCUT2D eigenvalue weighted by atomic mass is 9.49. The smallest absolute Gasteiger partial charge is 0.268 e. The van der Waals surface area contributed by atoms with E-state index in [1.165, 1.54) is 43.4 Å². The highest BCUT2D eigenvalue weighted by atomic mass is 16.2. The Morgan fingerprint density at radius 2 is 1.73 bits per heavy atom. The summed E-state index contributed by atoms with van der Waals surface area (Å²) >= 11 is 0. The highest BCUT2D eigenvalue weighted by molar-refractivity contribution is 5.93. The molecule has 6 rings (SSSR count). The molecule has 2 N–H and O–H groups in total. The second-order valence-corrected chi connectivity index (χ2v) is 10.7. The van der Waals surface area contributed by atoms with E-state index < -0.39 is 0 Å². The highest BCUT2D eigenvalue weighted by Crippen LogP contribution is 2.59. The number of aromatic nitrogens is 2. The fraction of sp³-hybridized carbons (Fsp3) is 0.600. The van der Waals surface area contributed by atoms with Gasteiger partial charge in [-0.25, -0.2) is 4.98 Å². The molecular formula is C25H33N5O3. The van der Waals surface area contributed by atoms with E-state index in [0.717, 1.165) is 24.3 Å². The van der Waals surface area contributed by atoms with Crippen molar-refractivity contribution in [2.24, 2.45) is 23.2 Å². The molecule has 0 saturated heterocycles. The number of imidazole rings is 1. The second kappa shape index (κ2) is 8.47. The number of hydrogen-bond acceptors (Lipinski definition) is 4. The number of nitrogens with zero attached hydrogens (tertiary/aromatic N) is 3. The molecule has 8 heteroatoms. The lowest BCUT2D eigenvalue weighted by Gasteiger charge is -2.56. The third kappa shape index (κ3) is 4.48. The predicted molar refractivity (Wildman–Crippen MR) is 124 cm³/mol. The minimum absolute atomic E-state index is 0.0445. The second-order valence-electron chi connectivity index (χ2n) is 10.7. The lowest BCUT2D eigenvalue weighted by molar-refractivity contribution is -0.130. The van der Waals surface area contributed by atoms with Crippen molar-refractivity contribution in [3.8, 4) is 0 Å². The van der Waals surface area contributed by atoms with E-state index in [4.69, 9.17) is 0 Å². The number of nitrogens with one attached hydrogen (secondary N) is 2. The molecular weight excluding hydrogens is 418 g/mol. The number of carbonyl (C=O) groups is 3. The van der Waals surface area contributed by atoms with E-state index >= 15 is 0 Å². The van der Waals surface area contributed by atoms with Crippen LogP contribution in [0.25, 0.3) is 5.65 Å². The van der Waals surface area contributed by atoms with Gasteiger partial charge in [0.2, 0.25) is 11.8 Å². The maximum absolute atomic E-state index is 13.1. The molecule has 2 aromatic rings. The number of carbonyl (C=O) groups excluding carboxylic acids is 3. The normalized spacial score (nSPS) is 27.5. The van der Waals surface area contributed by atoms with Gasteiger partial charge in [0.25, 0.3) is 5.91 Å². The van der Waals surface area contributed by atoms with Crippen molar-refractivity contribution in [3.05, 3.63) is 35.8 Å². The summed E-state index contributed by atoms with van der Waals surface area (Å²) in [5.41, 5.74) is 2.00. The van der Waals surface area contributed by atoms with Crippen molar-refractivity contribution in [1.82, 2.24) is 24.9 Å². The molecule has 4 fully saturated rings. The summed E-state index contributed by atoms with van der Waals surface area (Å²) in [6.07, 6.45) is 9.72. The summed E-state index contributed by atoms with van der Waals surface area (Å²) in [6.45, 7) is 0.701. The number of rotatable bonds is 7. The van der Waals surface area contributed by atoms with E-state index in [0.29, 0.717) is 17.0 Å². The zero-order valence-electron chi connectivity index (χ0n) is 19.5. The van der Waals surface area contributed by atoms with Gasteiger partial charge in [0, 0.05) is 26.8 Å². The number of pyridine rings is 1. The van der Waals surface area contributed by atoms with Gasteiger partial charge in [0.05, 0.1) is 18.7 Å². The van der Waals surface area contributed by atoms with E-state index in [2.05, 4.69) is 15.6 Å². The summed E-state index contributed by atoms with van der Waals surface area (Å²) in [5.74, 6) is 2.02. The summed E-state index contributed by atoms with van der Waals surface area (Å²) in [4.78, 5) is 43.0. The van der Waals surface area contributed by atoms with Crippen molar-refractivity contribution in [2.75, 3.05) is 27.2 Å². The van der Waals surface area contributed by atoms with Crippen molar-refractivity contribution in [3.63, 3.8) is 0 Å². The molecule has 3 amide bonds. The third-order valence-electron chi connectivity index (χ3n) is 7.84. The average molecular weight is 452 g/mol. The van der Waals surface area contributed by atoms with Crippen LogP contribution in [0.1, 0.15) is 54.7 Å². The van der Waals surface area contributed by atoms with Gasteiger partial charge in [-0.2, -0.15) is 0 Å². The van der Waals surface area contributed by atoms with Crippen LogP contribution in [0.2, 0.25) is 0 Å². The third-order valence-corrected chi connectivity index (χ3v) is 7.84. The fourth-order valence-corrected chi connectivity index (χ4v) is 6.76. The minimum atomic E-state index is -0.276. The SMILES string of the molecule is CN(C)C(=O)CNC(=O)Cc1cn2c(C(=O)NCC34CC5CC(CC(C5)C3)C4)cccc2n1. The number of amides is 3. The first-order valence-electron chi connectivity index (χ1n) is 12.0. The molecule has 176 valence electrons. The molecule has 0 aromatic carbocycles. The fourth-order valence-electron chi connectivity index (χ4n) is 6.76. The molecule has 2 aromatic heterocycles. The first kappa shape index (κ1) is 21.9. The Morgan fingerprint density at radius 1 is 1.06 bits per heavy atom.